The van der Waals surface area contributed by atoms with Crippen LogP contribution in [0.15, 0.2) is 6.07 Å². The first-order valence-corrected chi connectivity index (χ1v) is 12.3. The average Bonchev–Trinajstić information content (AvgIpc) is 3.48. The molecule has 0 spiro atoms. The number of ether oxygens (including phenoxy) is 4. The molecule has 37 heavy (non-hydrogen) atoms. The van der Waals surface area contributed by atoms with Gasteiger partial charge < -0.3 is 29.4 Å². The van der Waals surface area contributed by atoms with E-state index >= 15 is 0 Å². The van der Waals surface area contributed by atoms with Gasteiger partial charge in [-0.1, -0.05) is 0 Å². The molecule has 1 aromatic carbocycles. The van der Waals surface area contributed by atoms with E-state index in [0.29, 0.717) is 13.0 Å². The van der Waals surface area contributed by atoms with Crippen molar-refractivity contribution in [2.45, 2.75) is 38.5 Å². The van der Waals surface area contributed by atoms with Crippen LogP contribution < -0.4 is 24.8 Å². The summed E-state index contributed by atoms with van der Waals surface area (Å²) in [5.41, 5.74) is -0.685. The molecule has 2 heterocycles. The first-order chi connectivity index (χ1) is 17.8. The SMILES string of the molecule is COC(=O)c1c(OCc2c(F)c(OC)cc(OC)c2F)nsc1NC(=O)NCCCCN1CCCC1O. The molecule has 2 amide bonds. The van der Waals surface area contributed by atoms with Gasteiger partial charge >= 0.3 is 12.0 Å². The predicted octanol–water partition coefficient (Wildman–Crippen LogP) is 3.12. The number of methoxy groups -OCH3 is 3. The maximum Gasteiger partial charge on any atom is 0.346 e. The normalized spacial score (nSPS) is 15.4. The third-order valence-corrected chi connectivity index (χ3v) is 6.53. The number of hydrogen-bond acceptors (Lipinski definition) is 10. The number of aliphatic hydroxyl groups excluding tert-OH is 1. The fraction of sp³-hybridized carbons (Fsp3) is 0.522. The van der Waals surface area contributed by atoms with E-state index in [4.69, 9.17) is 18.9 Å². The number of halogens is 2. The number of aliphatic hydroxyl groups is 1. The highest BCUT2D eigenvalue weighted by Crippen LogP contribution is 2.35. The maximum absolute atomic E-state index is 14.6. The number of benzene rings is 1. The number of carbonyl (C=O) groups is 2. The monoisotopic (exact) mass is 544 g/mol. The fourth-order valence-corrected chi connectivity index (χ4v) is 4.52. The maximum atomic E-state index is 14.6. The Morgan fingerprint density at radius 1 is 1.19 bits per heavy atom. The second-order valence-electron chi connectivity index (χ2n) is 8.11. The molecule has 14 heteroatoms. The van der Waals surface area contributed by atoms with Gasteiger partial charge in [0.25, 0.3) is 0 Å². The summed E-state index contributed by atoms with van der Waals surface area (Å²) in [7, 11) is 3.57. The van der Waals surface area contributed by atoms with Crippen molar-refractivity contribution in [3.8, 4) is 17.4 Å². The number of carbonyl (C=O) groups excluding carboxylic acids is 2. The van der Waals surface area contributed by atoms with Crippen molar-refractivity contribution in [1.29, 1.82) is 0 Å². The lowest BCUT2D eigenvalue weighted by Crippen LogP contribution is -2.32. The Labute approximate surface area is 216 Å². The van der Waals surface area contributed by atoms with Crippen LogP contribution in [0.5, 0.6) is 17.4 Å². The van der Waals surface area contributed by atoms with E-state index in [1.54, 1.807) is 0 Å². The van der Waals surface area contributed by atoms with Gasteiger partial charge in [-0.2, -0.15) is 4.37 Å². The summed E-state index contributed by atoms with van der Waals surface area (Å²) >= 11 is 0.749. The van der Waals surface area contributed by atoms with E-state index in [1.165, 1.54) is 14.2 Å². The van der Waals surface area contributed by atoms with Gasteiger partial charge in [-0.05, 0) is 37.2 Å². The molecule has 1 saturated heterocycles. The van der Waals surface area contributed by atoms with Crippen molar-refractivity contribution in [3.63, 3.8) is 0 Å². The van der Waals surface area contributed by atoms with Crippen molar-refractivity contribution in [2.24, 2.45) is 0 Å². The molecular weight excluding hydrogens is 514 g/mol. The lowest BCUT2D eigenvalue weighted by molar-refractivity contribution is 0.0373. The van der Waals surface area contributed by atoms with E-state index in [9.17, 15) is 23.5 Å². The molecule has 0 bridgehead atoms. The summed E-state index contributed by atoms with van der Waals surface area (Å²) in [5, 5.41) is 15.1. The fourth-order valence-electron chi connectivity index (χ4n) is 3.80. The zero-order valence-electron chi connectivity index (χ0n) is 20.8. The highest BCUT2D eigenvalue weighted by Gasteiger charge is 2.27. The van der Waals surface area contributed by atoms with Crippen LogP contribution in [-0.2, 0) is 11.3 Å². The highest BCUT2D eigenvalue weighted by molar-refractivity contribution is 7.11. The van der Waals surface area contributed by atoms with Crippen LogP contribution in [0.4, 0.5) is 18.6 Å². The number of amides is 2. The van der Waals surface area contributed by atoms with E-state index < -0.39 is 42.0 Å². The molecule has 0 saturated carbocycles. The smallest absolute Gasteiger partial charge is 0.346 e. The van der Waals surface area contributed by atoms with Crippen LogP contribution in [0.1, 0.15) is 41.6 Å². The molecule has 0 aliphatic carbocycles. The topological polar surface area (TPSA) is 131 Å². The minimum Gasteiger partial charge on any atom is -0.494 e. The number of aromatic nitrogens is 1. The van der Waals surface area contributed by atoms with Crippen LogP contribution in [0, 0.1) is 11.6 Å². The highest BCUT2D eigenvalue weighted by atomic mass is 32.1. The number of hydrogen-bond donors (Lipinski definition) is 3. The minimum atomic E-state index is -0.993. The number of rotatable bonds is 12. The Morgan fingerprint density at radius 3 is 2.49 bits per heavy atom. The number of esters is 1. The molecule has 1 atom stereocenters. The Morgan fingerprint density at radius 2 is 1.89 bits per heavy atom. The van der Waals surface area contributed by atoms with Crippen LogP contribution in [0.25, 0.3) is 0 Å². The number of unbranched alkanes of at least 4 members (excludes halogenated alkanes) is 1. The van der Waals surface area contributed by atoms with Crippen molar-refractivity contribution in [2.75, 3.05) is 46.3 Å². The van der Waals surface area contributed by atoms with E-state index in [-0.39, 0.29) is 27.9 Å². The molecule has 2 aromatic rings. The number of likely N-dealkylation sites (tertiary alicyclic amines) is 1. The number of nitrogens with zero attached hydrogens (tertiary/aromatic N) is 2. The Bertz CT molecular complexity index is 1070. The molecule has 1 fully saturated rings. The molecular formula is C23H30F2N4O7S. The number of nitrogens with one attached hydrogen (secondary N) is 2. The zero-order valence-corrected chi connectivity index (χ0v) is 21.6. The Hall–Kier alpha value is -3.23. The average molecular weight is 545 g/mol. The van der Waals surface area contributed by atoms with E-state index in [0.717, 1.165) is 57.1 Å². The molecule has 204 valence electrons. The van der Waals surface area contributed by atoms with Gasteiger partial charge in [0.2, 0.25) is 5.88 Å². The predicted molar refractivity (Wildman–Crippen MR) is 130 cm³/mol. The number of urea groups is 1. The first-order valence-electron chi connectivity index (χ1n) is 11.6. The van der Waals surface area contributed by atoms with Crippen LogP contribution in [-0.4, -0.2) is 73.6 Å². The molecule has 11 nitrogen and oxygen atoms in total. The van der Waals surface area contributed by atoms with E-state index in [2.05, 4.69) is 15.0 Å². The number of anilines is 1. The van der Waals surface area contributed by atoms with Crippen LogP contribution >= 0.6 is 11.5 Å². The van der Waals surface area contributed by atoms with Gasteiger partial charge in [-0.25, -0.2) is 18.4 Å². The molecule has 1 aliphatic heterocycles. The van der Waals surface area contributed by atoms with Gasteiger partial charge in [0, 0.05) is 25.7 Å². The largest absolute Gasteiger partial charge is 0.494 e. The Kier molecular flexibility index (Phi) is 10.2. The van der Waals surface area contributed by atoms with Crippen LogP contribution in [0.3, 0.4) is 0 Å². The van der Waals surface area contributed by atoms with Crippen molar-refractivity contribution in [1.82, 2.24) is 14.6 Å². The summed E-state index contributed by atoms with van der Waals surface area (Å²) < 4.78 is 53.3. The van der Waals surface area contributed by atoms with Gasteiger partial charge in [-0.15, -0.1) is 0 Å². The summed E-state index contributed by atoms with van der Waals surface area (Å²) in [6.07, 6.45) is 2.85. The lowest BCUT2D eigenvalue weighted by atomic mass is 10.1. The third kappa shape index (κ3) is 6.96. The summed E-state index contributed by atoms with van der Waals surface area (Å²) in [4.78, 5) is 26.7. The summed E-state index contributed by atoms with van der Waals surface area (Å²) in [6, 6.07) is 0.490. The molecule has 0 radical (unpaired) electrons. The lowest BCUT2D eigenvalue weighted by Gasteiger charge is -2.19. The van der Waals surface area contributed by atoms with Gasteiger partial charge in [0.1, 0.15) is 17.8 Å². The summed E-state index contributed by atoms with van der Waals surface area (Å²) in [6.45, 7) is 1.34. The first kappa shape index (κ1) is 28.3. The van der Waals surface area contributed by atoms with Gasteiger partial charge in [-0.3, -0.25) is 10.2 Å². The zero-order chi connectivity index (χ0) is 26.9. The summed E-state index contributed by atoms with van der Waals surface area (Å²) in [5.74, 6) is -3.61. The molecule has 3 rings (SSSR count). The third-order valence-electron chi connectivity index (χ3n) is 5.78. The molecule has 1 aromatic heterocycles. The van der Waals surface area contributed by atoms with E-state index in [1.807, 2.05) is 4.90 Å². The standard InChI is InChI=1S/C23H30F2N4O7S/c1-33-14-11-15(34-2)19(25)13(18(14)24)12-36-20-17(22(31)35-3)21(37-28-20)27-23(32)26-8-4-5-9-29-10-6-7-16(29)30/h11,16,30H,4-10,12H2,1-3H3,(H2,26,27,32). The molecule has 1 unspecified atom stereocenters. The van der Waals surface area contributed by atoms with Crippen molar-refractivity contribution < 1.29 is 42.4 Å². The Balaban J connectivity index is 1.62. The van der Waals surface area contributed by atoms with Gasteiger partial charge in [0.05, 0.1) is 26.9 Å². The quantitative estimate of drug-likeness (QED) is 0.272. The van der Waals surface area contributed by atoms with Crippen molar-refractivity contribution in [3.05, 3.63) is 28.8 Å². The van der Waals surface area contributed by atoms with Crippen molar-refractivity contribution >= 4 is 28.5 Å². The second-order valence-corrected chi connectivity index (χ2v) is 8.88. The second kappa shape index (κ2) is 13.4. The minimum absolute atomic E-state index is 0.0451. The molecule has 3 N–H and O–H groups in total. The van der Waals surface area contributed by atoms with Crippen LogP contribution in [0.2, 0.25) is 0 Å². The molecule has 1 aliphatic rings. The van der Waals surface area contributed by atoms with Gasteiger partial charge in [0.15, 0.2) is 28.7 Å².